The molecule has 8 rings (SSSR count). The summed E-state index contributed by atoms with van der Waals surface area (Å²) >= 11 is 0. The van der Waals surface area contributed by atoms with E-state index in [1.807, 2.05) is 36.8 Å². The van der Waals surface area contributed by atoms with E-state index in [9.17, 15) is 0 Å². The van der Waals surface area contributed by atoms with E-state index in [-0.39, 0.29) is 0 Å². The van der Waals surface area contributed by atoms with Crippen molar-refractivity contribution in [2.45, 2.75) is 50.2 Å². The number of ether oxygens (including phenoxy) is 1. The van der Waals surface area contributed by atoms with Crippen LogP contribution in [0.3, 0.4) is 0 Å². The monoisotopic (exact) mass is 503 g/mol. The highest BCUT2D eigenvalue weighted by Gasteiger charge is 2.45. The lowest BCUT2D eigenvalue weighted by Crippen LogP contribution is -2.66. The molecule has 2 saturated heterocycles. The predicted molar refractivity (Wildman–Crippen MR) is 145 cm³/mol. The smallest absolute Gasteiger partial charge is 0.155 e. The molecule has 2 unspecified atom stereocenters. The number of nitrogens with one attached hydrogen (secondary N) is 1. The molecule has 0 radical (unpaired) electrons. The fourth-order valence-corrected chi connectivity index (χ4v) is 6.67. The molecular formula is C30H29N7O. The van der Waals surface area contributed by atoms with Gasteiger partial charge in [-0.1, -0.05) is 24.3 Å². The maximum Gasteiger partial charge on any atom is 0.155 e. The van der Waals surface area contributed by atoms with Crippen molar-refractivity contribution >= 4 is 11.0 Å². The van der Waals surface area contributed by atoms with Crippen molar-refractivity contribution < 1.29 is 4.74 Å². The summed E-state index contributed by atoms with van der Waals surface area (Å²) in [7, 11) is 0. The highest BCUT2D eigenvalue weighted by Crippen LogP contribution is 2.38. The van der Waals surface area contributed by atoms with E-state index >= 15 is 0 Å². The first-order chi connectivity index (χ1) is 18.8. The van der Waals surface area contributed by atoms with Crippen molar-refractivity contribution in [1.29, 1.82) is 0 Å². The molecule has 2 bridgehead atoms. The Morgan fingerprint density at radius 1 is 0.842 bits per heavy atom. The van der Waals surface area contributed by atoms with Gasteiger partial charge in [0.25, 0.3) is 0 Å². The van der Waals surface area contributed by atoms with Crippen molar-refractivity contribution in [2.75, 3.05) is 13.2 Å². The number of benzene rings is 1. The topological polar surface area (TPSA) is 84.8 Å². The van der Waals surface area contributed by atoms with Crippen LogP contribution in [0.25, 0.3) is 39.2 Å². The van der Waals surface area contributed by atoms with Gasteiger partial charge < -0.3 is 4.74 Å². The Labute approximate surface area is 220 Å². The number of aromatic nitrogens is 6. The average molecular weight is 504 g/mol. The minimum atomic E-state index is 0.647. The quantitative estimate of drug-likeness (QED) is 0.361. The van der Waals surface area contributed by atoms with Crippen LogP contribution in [0.4, 0.5) is 0 Å². The van der Waals surface area contributed by atoms with Gasteiger partial charge in [-0.05, 0) is 67.0 Å². The fourth-order valence-electron chi connectivity index (χ4n) is 6.67. The second kappa shape index (κ2) is 8.85. The predicted octanol–water partition coefficient (Wildman–Crippen LogP) is 4.59. The van der Waals surface area contributed by atoms with E-state index in [1.165, 1.54) is 36.0 Å². The van der Waals surface area contributed by atoms with Crippen LogP contribution in [0.1, 0.15) is 30.4 Å². The molecule has 2 fully saturated rings. The number of aromatic amines is 1. The number of aryl methyl sites for hydroxylation is 2. The van der Waals surface area contributed by atoms with E-state index < -0.39 is 0 Å². The van der Waals surface area contributed by atoms with E-state index in [4.69, 9.17) is 9.72 Å². The van der Waals surface area contributed by atoms with Gasteiger partial charge in [-0.3, -0.25) is 10.00 Å². The molecule has 8 nitrogen and oxygen atoms in total. The lowest BCUT2D eigenvalue weighted by atomic mass is 9.87. The van der Waals surface area contributed by atoms with Crippen LogP contribution in [0.2, 0.25) is 0 Å². The number of hydrogen-bond acceptors (Lipinski definition) is 6. The lowest BCUT2D eigenvalue weighted by Gasteiger charge is -2.56. The molecule has 3 atom stereocenters. The number of H-pyrrole nitrogens is 1. The van der Waals surface area contributed by atoms with Gasteiger partial charge in [-0.25, -0.2) is 14.6 Å². The van der Waals surface area contributed by atoms with Crippen LogP contribution in [-0.4, -0.2) is 66.2 Å². The van der Waals surface area contributed by atoms with Gasteiger partial charge in [-0.15, -0.1) is 0 Å². The van der Waals surface area contributed by atoms with Gasteiger partial charge in [0.05, 0.1) is 19.4 Å². The van der Waals surface area contributed by atoms with Crippen LogP contribution >= 0.6 is 0 Å². The molecule has 1 aromatic carbocycles. The number of rotatable bonds is 4. The van der Waals surface area contributed by atoms with Crippen LogP contribution in [0.15, 0.2) is 67.3 Å². The normalized spacial score (nSPS) is 23.1. The molecule has 38 heavy (non-hydrogen) atoms. The highest BCUT2D eigenvalue weighted by atomic mass is 16.5. The van der Waals surface area contributed by atoms with Crippen molar-refractivity contribution in [1.82, 2.24) is 34.8 Å². The molecule has 0 saturated carbocycles. The molecule has 0 amide bonds. The molecule has 0 spiro atoms. The summed E-state index contributed by atoms with van der Waals surface area (Å²) in [5.41, 5.74) is 7.84. The maximum absolute atomic E-state index is 5.73. The zero-order valence-corrected chi connectivity index (χ0v) is 21.1. The largest absolute Gasteiger partial charge is 0.378 e. The number of pyridine rings is 2. The molecule has 3 aliphatic rings. The van der Waals surface area contributed by atoms with Crippen molar-refractivity contribution in [3.8, 4) is 28.2 Å². The van der Waals surface area contributed by atoms with Crippen molar-refractivity contribution in [3.63, 3.8) is 0 Å². The molecule has 1 aliphatic carbocycles. The molecule has 190 valence electrons. The van der Waals surface area contributed by atoms with Gasteiger partial charge in [0.1, 0.15) is 5.69 Å². The number of hydrogen-bond donors (Lipinski definition) is 1. The number of morpholine rings is 1. The molecule has 2 aliphatic heterocycles. The fraction of sp³-hybridized carbons (Fsp3) is 0.333. The summed E-state index contributed by atoms with van der Waals surface area (Å²) in [6.45, 7) is 1.83. The zero-order chi connectivity index (χ0) is 25.1. The maximum atomic E-state index is 5.73. The van der Waals surface area contributed by atoms with E-state index in [2.05, 4.69) is 49.4 Å². The summed E-state index contributed by atoms with van der Waals surface area (Å²) < 4.78 is 7.50. The summed E-state index contributed by atoms with van der Waals surface area (Å²) in [6.07, 6.45) is 13.6. The molecule has 4 aromatic heterocycles. The summed E-state index contributed by atoms with van der Waals surface area (Å²) in [4.78, 5) is 11.9. The molecule has 5 aromatic rings. The summed E-state index contributed by atoms with van der Waals surface area (Å²) in [6, 6.07) is 16.9. The molecular weight excluding hydrogens is 474 g/mol. The third-order valence-electron chi connectivity index (χ3n) is 8.62. The zero-order valence-electron chi connectivity index (χ0n) is 21.1. The Kier molecular flexibility index (Phi) is 5.16. The van der Waals surface area contributed by atoms with Gasteiger partial charge >= 0.3 is 0 Å². The van der Waals surface area contributed by atoms with Crippen LogP contribution in [-0.2, 0) is 17.6 Å². The van der Waals surface area contributed by atoms with Gasteiger partial charge in [0, 0.05) is 53.2 Å². The Morgan fingerprint density at radius 2 is 1.74 bits per heavy atom. The second-order valence-electron chi connectivity index (χ2n) is 10.8. The van der Waals surface area contributed by atoms with Crippen LogP contribution in [0.5, 0.6) is 0 Å². The lowest BCUT2D eigenvalue weighted by molar-refractivity contribution is -0.148. The van der Waals surface area contributed by atoms with Crippen molar-refractivity contribution in [3.05, 3.63) is 78.4 Å². The summed E-state index contributed by atoms with van der Waals surface area (Å²) in [5.74, 6) is 0.773. The third-order valence-corrected chi connectivity index (χ3v) is 8.62. The minimum absolute atomic E-state index is 0.647. The Morgan fingerprint density at radius 3 is 2.58 bits per heavy atom. The van der Waals surface area contributed by atoms with E-state index in [0.717, 1.165) is 59.7 Å². The first-order valence-electron chi connectivity index (χ1n) is 13.6. The van der Waals surface area contributed by atoms with Gasteiger partial charge in [0.15, 0.2) is 11.5 Å². The first kappa shape index (κ1) is 22.1. The standard InChI is InChI=1S/C30H29N7O/c1-2-10-31-28(3-1)36-16-23(15-33-36)29-27-12-22(14-32-30(27)35-34-29)21-5-4-19-6-8-24(9-7-20(19)11-21)37-25-13-26(37)18-38-17-25/h1-5,10-12,14-16,24-26H,6-9,13,17-18H2,(H,32,34,35)/t24-,25?,26?/m0/s1. The molecule has 8 heteroatoms. The first-order valence-corrected chi connectivity index (χ1v) is 13.6. The third kappa shape index (κ3) is 3.67. The minimum Gasteiger partial charge on any atom is -0.378 e. The number of nitrogens with zero attached hydrogens (tertiary/aromatic N) is 6. The van der Waals surface area contributed by atoms with E-state index in [1.54, 1.807) is 10.9 Å². The van der Waals surface area contributed by atoms with Gasteiger partial charge in [-0.2, -0.15) is 10.2 Å². The SMILES string of the molecule is c1ccc(-n2cc(-c3n[nH]c4ncc(-c5ccc6c(c5)CC[C@@H](N5C7COCC5C7)CC6)cc34)cn2)nc1. The second-order valence-corrected chi connectivity index (χ2v) is 10.8. The van der Waals surface area contributed by atoms with Crippen molar-refractivity contribution in [2.24, 2.45) is 0 Å². The van der Waals surface area contributed by atoms with Crippen LogP contribution in [0, 0.1) is 0 Å². The summed E-state index contributed by atoms with van der Waals surface area (Å²) in [5, 5.41) is 13.2. The Bertz CT molecular complexity index is 1610. The average Bonchev–Trinajstić information content (AvgIpc) is 3.57. The Balaban J connectivity index is 1.08. The van der Waals surface area contributed by atoms with Gasteiger partial charge in [0.2, 0.25) is 0 Å². The Hall–Kier alpha value is -3.88. The van der Waals surface area contributed by atoms with E-state index in [0.29, 0.717) is 18.1 Å². The highest BCUT2D eigenvalue weighted by molar-refractivity contribution is 5.93. The number of fused-ring (bicyclic) bond motifs is 4. The molecule has 6 heterocycles. The molecule has 1 N–H and O–H groups in total. The van der Waals surface area contributed by atoms with Crippen LogP contribution < -0.4 is 0 Å².